The monoisotopic (exact) mass is 345 g/mol. The van der Waals surface area contributed by atoms with Crippen LogP contribution in [0.2, 0.25) is 0 Å². The van der Waals surface area contributed by atoms with E-state index in [4.69, 9.17) is 24.5 Å². The molecule has 1 aromatic carbocycles. The smallest absolute Gasteiger partial charge is 0.188 e. The molecule has 3 rings (SSSR count). The first-order valence-corrected chi connectivity index (χ1v) is 8.36. The van der Waals surface area contributed by atoms with Crippen LogP contribution in [0.25, 0.3) is 10.4 Å². The van der Waals surface area contributed by atoms with E-state index in [2.05, 4.69) is 16.6 Å². The van der Waals surface area contributed by atoms with Crippen LogP contribution in [0.3, 0.4) is 0 Å². The van der Waals surface area contributed by atoms with Crippen molar-refractivity contribution in [3.05, 3.63) is 59.0 Å². The van der Waals surface area contributed by atoms with Crippen LogP contribution in [-0.4, -0.2) is 36.4 Å². The molecule has 2 heterocycles. The topological polar surface area (TPSA) is 85.7 Å². The average Bonchev–Trinajstić information content (AvgIpc) is 3.05. The highest BCUT2D eigenvalue weighted by molar-refractivity contribution is 5.13. The fourth-order valence-electron chi connectivity index (χ4n) is 3.25. The van der Waals surface area contributed by atoms with Crippen LogP contribution < -0.4 is 0 Å². The molecule has 5 atom stereocenters. The van der Waals surface area contributed by atoms with Gasteiger partial charge in [-0.25, -0.2) is 0 Å². The van der Waals surface area contributed by atoms with Gasteiger partial charge in [0.05, 0.1) is 24.9 Å². The van der Waals surface area contributed by atoms with Gasteiger partial charge < -0.3 is 18.9 Å². The molecule has 7 nitrogen and oxygen atoms in total. The molecule has 2 saturated heterocycles. The molecule has 0 bridgehead atoms. The van der Waals surface area contributed by atoms with Crippen molar-refractivity contribution in [2.45, 2.75) is 63.3 Å². The van der Waals surface area contributed by atoms with Crippen molar-refractivity contribution in [2.24, 2.45) is 5.11 Å². The zero-order valence-corrected chi connectivity index (χ0v) is 14.4. The summed E-state index contributed by atoms with van der Waals surface area (Å²) in [6.07, 6.45) is 0.563. The first-order valence-electron chi connectivity index (χ1n) is 8.36. The Bertz CT molecular complexity index is 645. The molecule has 2 aliphatic heterocycles. The first-order chi connectivity index (χ1) is 12.0. The summed E-state index contributed by atoms with van der Waals surface area (Å²) in [4.78, 5) is 2.96. The van der Waals surface area contributed by atoms with Gasteiger partial charge in [0, 0.05) is 4.91 Å². The van der Waals surface area contributed by atoms with Gasteiger partial charge in [0.15, 0.2) is 12.1 Å². The van der Waals surface area contributed by atoms with Gasteiger partial charge in [-0.15, -0.1) is 6.58 Å². The molecule has 2 aliphatic rings. The van der Waals surface area contributed by atoms with Crippen LogP contribution in [0.5, 0.6) is 0 Å². The number of fused-ring (bicyclic) bond motifs is 1. The molecule has 0 aromatic heterocycles. The first kappa shape index (κ1) is 17.9. The van der Waals surface area contributed by atoms with Gasteiger partial charge in [-0.3, -0.25) is 0 Å². The molecule has 1 aromatic rings. The molecule has 0 unspecified atom stereocenters. The quantitative estimate of drug-likeness (QED) is 0.326. The fraction of sp³-hybridized carbons (Fsp3) is 0.556. The molecule has 0 aliphatic carbocycles. The van der Waals surface area contributed by atoms with E-state index in [0.717, 1.165) is 5.56 Å². The predicted molar refractivity (Wildman–Crippen MR) is 91.5 cm³/mol. The summed E-state index contributed by atoms with van der Waals surface area (Å²) in [5, 5.41) is 3.91. The molecule has 0 N–H and O–H groups in total. The fourth-order valence-corrected chi connectivity index (χ4v) is 3.25. The van der Waals surface area contributed by atoms with E-state index in [1.807, 2.05) is 44.2 Å². The molecule has 0 saturated carbocycles. The summed E-state index contributed by atoms with van der Waals surface area (Å²) < 4.78 is 23.7. The molecule has 2 fully saturated rings. The Hall–Kier alpha value is -1.89. The van der Waals surface area contributed by atoms with Crippen molar-refractivity contribution in [1.82, 2.24) is 0 Å². The summed E-state index contributed by atoms with van der Waals surface area (Å²) in [5.74, 6) is -0.762. The Morgan fingerprint density at radius 3 is 2.80 bits per heavy atom. The van der Waals surface area contributed by atoms with E-state index in [1.54, 1.807) is 6.08 Å². The van der Waals surface area contributed by atoms with Gasteiger partial charge in [-0.05, 0) is 31.4 Å². The maximum absolute atomic E-state index is 8.96. The number of rotatable bonds is 7. The Labute approximate surface area is 147 Å². The minimum atomic E-state index is -0.762. The van der Waals surface area contributed by atoms with Crippen LogP contribution in [-0.2, 0) is 25.6 Å². The van der Waals surface area contributed by atoms with Crippen molar-refractivity contribution in [3.8, 4) is 0 Å². The third kappa shape index (κ3) is 4.03. The van der Waals surface area contributed by atoms with Crippen LogP contribution in [0.15, 0.2) is 48.1 Å². The Balaban J connectivity index is 1.74. The molecule has 25 heavy (non-hydrogen) atoms. The summed E-state index contributed by atoms with van der Waals surface area (Å²) in [6.45, 7) is 7.85. The number of azide groups is 1. The van der Waals surface area contributed by atoms with Gasteiger partial charge in [0.2, 0.25) is 0 Å². The maximum atomic E-state index is 8.96. The largest absolute Gasteiger partial charge is 0.371 e. The second kappa shape index (κ2) is 7.56. The van der Waals surface area contributed by atoms with E-state index < -0.39 is 30.3 Å². The molecule has 0 amide bonds. The number of nitrogens with zero attached hydrogens (tertiary/aromatic N) is 3. The number of hydrogen-bond acceptors (Lipinski definition) is 5. The lowest BCUT2D eigenvalue weighted by atomic mass is 10.0. The van der Waals surface area contributed by atoms with Crippen LogP contribution in [0.1, 0.15) is 25.8 Å². The van der Waals surface area contributed by atoms with Gasteiger partial charge in [-0.1, -0.05) is 41.5 Å². The Morgan fingerprint density at radius 2 is 2.12 bits per heavy atom. The third-order valence-corrected chi connectivity index (χ3v) is 4.31. The summed E-state index contributed by atoms with van der Waals surface area (Å²) in [7, 11) is 0. The minimum Gasteiger partial charge on any atom is -0.371 e. The lowest BCUT2D eigenvalue weighted by Gasteiger charge is -2.28. The van der Waals surface area contributed by atoms with E-state index >= 15 is 0 Å². The van der Waals surface area contributed by atoms with Crippen LogP contribution >= 0.6 is 0 Å². The number of ether oxygens (including phenoxy) is 4. The van der Waals surface area contributed by atoms with E-state index in [0.29, 0.717) is 13.0 Å². The van der Waals surface area contributed by atoms with Crippen LogP contribution in [0, 0.1) is 0 Å². The van der Waals surface area contributed by atoms with Crippen molar-refractivity contribution < 1.29 is 18.9 Å². The summed E-state index contributed by atoms with van der Waals surface area (Å²) in [5.41, 5.74) is 10.0. The van der Waals surface area contributed by atoms with Crippen molar-refractivity contribution in [2.75, 3.05) is 0 Å². The summed E-state index contributed by atoms with van der Waals surface area (Å²) >= 11 is 0. The lowest BCUT2D eigenvalue weighted by Crippen LogP contribution is -2.40. The number of benzene rings is 1. The van der Waals surface area contributed by atoms with Crippen molar-refractivity contribution >= 4 is 0 Å². The standard InChI is InChI=1S/C18H23N3O4/c1-4-8-13(22-11-12-9-6-5-7-10-12)15-14(20-21-19)16-17(23-15)25-18(2,3)24-16/h4-7,9-10,13-17H,1,8,11H2,2-3H3/t13-,14+,15-,16-,17-/m1/s1. The molecule has 134 valence electrons. The second-order valence-corrected chi connectivity index (χ2v) is 6.62. The van der Waals surface area contributed by atoms with E-state index in [1.165, 1.54) is 0 Å². The molecular weight excluding hydrogens is 322 g/mol. The zero-order chi connectivity index (χ0) is 17.9. The Kier molecular flexibility index (Phi) is 5.42. The third-order valence-electron chi connectivity index (χ3n) is 4.31. The van der Waals surface area contributed by atoms with E-state index in [9.17, 15) is 0 Å². The van der Waals surface area contributed by atoms with E-state index in [-0.39, 0.29) is 6.10 Å². The summed E-state index contributed by atoms with van der Waals surface area (Å²) in [6, 6.07) is 9.36. The van der Waals surface area contributed by atoms with Crippen molar-refractivity contribution in [3.63, 3.8) is 0 Å². The highest BCUT2D eigenvalue weighted by atomic mass is 16.8. The normalized spacial score (nSPS) is 31.1. The second-order valence-electron chi connectivity index (χ2n) is 6.62. The average molecular weight is 345 g/mol. The highest BCUT2D eigenvalue weighted by Crippen LogP contribution is 2.40. The zero-order valence-electron chi connectivity index (χ0n) is 14.4. The SMILES string of the molecule is C=CC[C@@H](OCc1ccccc1)[C@H]1O[C@@H]2OC(C)(C)O[C@@H]2[C@H]1N=[N+]=[N-]. The molecule has 7 heteroatoms. The van der Waals surface area contributed by atoms with Gasteiger partial charge in [-0.2, -0.15) is 0 Å². The van der Waals surface area contributed by atoms with Gasteiger partial charge in [0.25, 0.3) is 0 Å². The minimum absolute atomic E-state index is 0.311. The van der Waals surface area contributed by atoms with Crippen molar-refractivity contribution in [1.29, 1.82) is 0 Å². The lowest BCUT2D eigenvalue weighted by molar-refractivity contribution is -0.219. The van der Waals surface area contributed by atoms with Gasteiger partial charge >= 0.3 is 0 Å². The number of hydrogen-bond donors (Lipinski definition) is 0. The predicted octanol–water partition coefficient (Wildman–Crippen LogP) is 3.70. The molecule has 0 radical (unpaired) electrons. The maximum Gasteiger partial charge on any atom is 0.188 e. The Morgan fingerprint density at radius 1 is 1.36 bits per heavy atom. The molecular formula is C18H23N3O4. The van der Waals surface area contributed by atoms with Gasteiger partial charge in [0.1, 0.15) is 6.10 Å². The van der Waals surface area contributed by atoms with Crippen LogP contribution in [0.4, 0.5) is 0 Å². The highest BCUT2D eigenvalue weighted by Gasteiger charge is 2.56. The molecule has 0 spiro atoms.